The van der Waals surface area contributed by atoms with Gasteiger partial charge in [0.05, 0.1) is 6.10 Å². The molecule has 0 aromatic carbocycles. The van der Waals surface area contributed by atoms with Crippen LogP contribution in [-0.2, 0) is 9.59 Å². The molecule has 0 amide bonds. The van der Waals surface area contributed by atoms with Crippen molar-refractivity contribution in [2.24, 2.45) is 11.8 Å². The molecule has 1 rings (SSSR count). The van der Waals surface area contributed by atoms with E-state index in [1.807, 2.05) is 31.2 Å². The van der Waals surface area contributed by atoms with Crippen molar-refractivity contribution in [1.29, 1.82) is 0 Å². The SMILES string of the molecule is CC[C@H](O)/C=C/[C@@H]1C=CC(=O)[C@@H]1C/C=C\CCCCC(=O)O. The highest BCUT2D eigenvalue weighted by atomic mass is 16.4. The van der Waals surface area contributed by atoms with Crippen LogP contribution in [0.4, 0.5) is 0 Å². The highest BCUT2D eigenvalue weighted by Crippen LogP contribution is 2.27. The Morgan fingerprint density at radius 3 is 2.82 bits per heavy atom. The Morgan fingerprint density at radius 1 is 1.36 bits per heavy atom. The topological polar surface area (TPSA) is 74.6 Å². The number of carboxylic acid groups (broad SMARTS) is 1. The molecule has 22 heavy (non-hydrogen) atoms. The van der Waals surface area contributed by atoms with Gasteiger partial charge in [-0.25, -0.2) is 0 Å². The molecule has 1 aliphatic carbocycles. The molecule has 122 valence electrons. The van der Waals surface area contributed by atoms with E-state index in [9.17, 15) is 14.7 Å². The quantitative estimate of drug-likeness (QED) is 0.480. The van der Waals surface area contributed by atoms with E-state index in [1.54, 1.807) is 12.2 Å². The second-order valence-electron chi connectivity index (χ2n) is 5.65. The summed E-state index contributed by atoms with van der Waals surface area (Å²) >= 11 is 0. The van der Waals surface area contributed by atoms with Crippen molar-refractivity contribution in [2.75, 3.05) is 0 Å². The van der Waals surface area contributed by atoms with Gasteiger partial charge in [0.2, 0.25) is 0 Å². The van der Waals surface area contributed by atoms with Crippen LogP contribution in [0.2, 0.25) is 0 Å². The maximum atomic E-state index is 11.9. The van der Waals surface area contributed by atoms with Crippen LogP contribution >= 0.6 is 0 Å². The fourth-order valence-corrected chi connectivity index (χ4v) is 2.42. The van der Waals surface area contributed by atoms with Gasteiger partial charge in [0, 0.05) is 18.3 Å². The maximum absolute atomic E-state index is 11.9. The number of hydrogen-bond acceptors (Lipinski definition) is 3. The first-order valence-electron chi connectivity index (χ1n) is 7.99. The Bertz CT molecular complexity index is 448. The van der Waals surface area contributed by atoms with E-state index in [0.717, 1.165) is 12.8 Å². The van der Waals surface area contributed by atoms with E-state index in [2.05, 4.69) is 0 Å². The molecule has 0 fully saturated rings. The zero-order valence-electron chi connectivity index (χ0n) is 13.1. The number of aliphatic carboxylic acids is 1. The number of ketones is 1. The predicted octanol–water partition coefficient (Wildman–Crippen LogP) is 3.28. The van der Waals surface area contributed by atoms with Gasteiger partial charge < -0.3 is 10.2 Å². The second-order valence-corrected chi connectivity index (χ2v) is 5.65. The van der Waals surface area contributed by atoms with Crippen molar-refractivity contribution >= 4 is 11.8 Å². The van der Waals surface area contributed by atoms with Crippen molar-refractivity contribution < 1.29 is 19.8 Å². The first kappa shape index (κ1) is 18.4. The number of unbranched alkanes of at least 4 members (excludes halogenated alkanes) is 2. The molecule has 0 heterocycles. The van der Waals surface area contributed by atoms with Crippen LogP contribution in [0.3, 0.4) is 0 Å². The molecule has 0 spiro atoms. The van der Waals surface area contributed by atoms with Gasteiger partial charge in [-0.3, -0.25) is 9.59 Å². The minimum absolute atomic E-state index is 0.0605. The van der Waals surface area contributed by atoms with Gasteiger partial charge in [-0.2, -0.15) is 0 Å². The van der Waals surface area contributed by atoms with Gasteiger partial charge in [-0.05, 0) is 38.2 Å². The van der Waals surface area contributed by atoms with Crippen LogP contribution < -0.4 is 0 Å². The molecular formula is C18H26O4. The molecule has 4 heteroatoms. The molecule has 1 aliphatic rings. The Kier molecular flexibility index (Phi) is 8.44. The van der Waals surface area contributed by atoms with Crippen LogP contribution in [0.25, 0.3) is 0 Å². The van der Waals surface area contributed by atoms with Crippen LogP contribution in [0.1, 0.15) is 45.4 Å². The normalized spacial score (nSPS) is 22.9. The first-order valence-corrected chi connectivity index (χ1v) is 7.99. The van der Waals surface area contributed by atoms with Crippen LogP contribution in [0.15, 0.2) is 36.5 Å². The van der Waals surface area contributed by atoms with Crippen LogP contribution in [0.5, 0.6) is 0 Å². The molecule has 0 bridgehead atoms. The molecule has 4 nitrogen and oxygen atoms in total. The van der Waals surface area contributed by atoms with Gasteiger partial charge in [0.15, 0.2) is 5.78 Å². The fraction of sp³-hybridized carbons (Fsp3) is 0.556. The van der Waals surface area contributed by atoms with E-state index >= 15 is 0 Å². The van der Waals surface area contributed by atoms with Gasteiger partial charge in [-0.1, -0.05) is 37.3 Å². The van der Waals surface area contributed by atoms with E-state index < -0.39 is 12.1 Å². The Morgan fingerprint density at radius 2 is 2.14 bits per heavy atom. The summed E-state index contributed by atoms with van der Waals surface area (Å²) in [5.41, 5.74) is 0. The standard InChI is InChI=1S/C18H26O4/c1-2-15(19)12-10-14-11-13-17(20)16(14)8-6-4-3-5-7-9-18(21)22/h4,6,10-16,19H,2-3,5,7-9H2,1H3,(H,21,22)/b6-4-,12-10+/t14-,15+,16-/m1/s1. The smallest absolute Gasteiger partial charge is 0.303 e. The number of allylic oxidation sites excluding steroid dienone is 5. The molecule has 0 aliphatic heterocycles. The molecule has 0 saturated carbocycles. The van der Waals surface area contributed by atoms with Gasteiger partial charge in [0.25, 0.3) is 0 Å². The van der Waals surface area contributed by atoms with Crippen molar-refractivity contribution in [3.63, 3.8) is 0 Å². The molecule has 0 aromatic rings. The summed E-state index contributed by atoms with van der Waals surface area (Å²) in [7, 11) is 0. The summed E-state index contributed by atoms with van der Waals surface area (Å²) in [6.07, 6.45) is 14.7. The number of rotatable bonds is 10. The minimum atomic E-state index is -0.754. The summed E-state index contributed by atoms with van der Waals surface area (Å²) in [4.78, 5) is 22.2. The fourth-order valence-electron chi connectivity index (χ4n) is 2.42. The zero-order chi connectivity index (χ0) is 16.4. The lowest BCUT2D eigenvalue weighted by Gasteiger charge is -2.13. The second kappa shape index (κ2) is 10.1. The highest BCUT2D eigenvalue weighted by molar-refractivity contribution is 5.95. The van der Waals surface area contributed by atoms with Crippen LogP contribution in [-0.4, -0.2) is 28.1 Å². The number of aliphatic hydroxyl groups excluding tert-OH is 1. The highest BCUT2D eigenvalue weighted by Gasteiger charge is 2.26. The van der Waals surface area contributed by atoms with Gasteiger partial charge in [0.1, 0.15) is 0 Å². The van der Waals surface area contributed by atoms with Gasteiger partial charge in [-0.15, -0.1) is 0 Å². The average molecular weight is 306 g/mol. The summed E-state index contributed by atoms with van der Waals surface area (Å²) in [6, 6.07) is 0. The molecule has 0 aromatic heterocycles. The number of hydrogen-bond donors (Lipinski definition) is 2. The lowest BCUT2D eigenvalue weighted by Crippen LogP contribution is -2.14. The molecule has 2 N–H and O–H groups in total. The molecule has 3 atom stereocenters. The number of carbonyl (C=O) groups excluding carboxylic acids is 1. The van der Waals surface area contributed by atoms with Gasteiger partial charge >= 0.3 is 5.97 Å². The largest absolute Gasteiger partial charge is 0.481 e. The van der Waals surface area contributed by atoms with E-state index in [-0.39, 0.29) is 24.0 Å². The summed E-state index contributed by atoms with van der Waals surface area (Å²) in [6.45, 7) is 1.91. The van der Waals surface area contributed by atoms with E-state index in [1.165, 1.54) is 0 Å². The lowest BCUT2D eigenvalue weighted by molar-refractivity contribution is -0.137. The Balaban J connectivity index is 2.34. The van der Waals surface area contributed by atoms with Crippen molar-refractivity contribution in [1.82, 2.24) is 0 Å². The molecule has 0 radical (unpaired) electrons. The Labute approximate surface area is 132 Å². The zero-order valence-corrected chi connectivity index (χ0v) is 13.1. The number of aliphatic hydroxyl groups is 1. The third kappa shape index (κ3) is 6.85. The van der Waals surface area contributed by atoms with Crippen molar-refractivity contribution in [3.05, 3.63) is 36.5 Å². The number of carbonyl (C=O) groups is 2. The van der Waals surface area contributed by atoms with Crippen molar-refractivity contribution in [2.45, 2.75) is 51.6 Å². The lowest BCUT2D eigenvalue weighted by atomic mass is 9.90. The third-order valence-corrected chi connectivity index (χ3v) is 3.85. The number of carboxylic acids is 1. The molecule has 0 saturated heterocycles. The van der Waals surface area contributed by atoms with Crippen LogP contribution in [0, 0.1) is 11.8 Å². The molecule has 0 unspecified atom stereocenters. The van der Waals surface area contributed by atoms with E-state index in [4.69, 9.17) is 5.11 Å². The summed E-state index contributed by atoms with van der Waals surface area (Å²) < 4.78 is 0. The molecular weight excluding hydrogens is 280 g/mol. The Hall–Kier alpha value is -1.68. The minimum Gasteiger partial charge on any atom is -0.481 e. The summed E-state index contributed by atoms with van der Waals surface area (Å²) in [5.74, 6) is -0.632. The monoisotopic (exact) mass is 306 g/mol. The van der Waals surface area contributed by atoms with Crippen molar-refractivity contribution in [3.8, 4) is 0 Å². The first-order chi connectivity index (χ1) is 10.5. The third-order valence-electron chi connectivity index (χ3n) is 3.85. The maximum Gasteiger partial charge on any atom is 0.303 e. The predicted molar refractivity (Wildman–Crippen MR) is 86.4 cm³/mol. The average Bonchev–Trinajstić information content (AvgIpc) is 2.84. The van der Waals surface area contributed by atoms with E-state index in [0.29, 0.717) is 19.3 Å². The summed E-state index contributed by atoms with van der Waals surface area (Å²) in [5, 5.41) is 18.1.